The molecule has 4 heterocycles. The van der Waals surface area contributed by atoms with E-state index >= 15 is 0 Å². The maximum atomic E-state index is 11.1. The zero-order valence-corrected chi connectivity index (χ0v) is 30.0. The monoisotopic (exact) mass is 801 g/mol. The molecule has 310 valence electrons. The van der Waals surface area contributed by atoms with Crippen molar-refractivity contribution in [2.45, 2.75) is 99.0 Å². The maximum Gasteiger partial charge on any atom is 0.402 e. The molecule has 56 heavy (non-hydrogen) atoms. The van der Waals surface area contributed by atoms with Crippen LogP contribution in [0.3, 0.4) is 0 Å². The molecule has 0 bridgehead atoms. The minimum Gasteiger partial charge on any atom is -0.507 e. The largest absolute Gasteiger partial charge is 0.507 e. The molecule has 0 saturated carbocycles. The molecule has 0 aliphatic carbocycles. The van der Waals surface area contributed by atoms with Gasteiger partial charge in [-0.1, -0.05) is 0 Å². The van der Waals surface area contributed by atoms with Gasteiger partial charge in [-0.3, -0.25) is 0 Å². The summed E-state index contributed by atoms with van der Waals surface area (Å²) in [6.45, 7) is 0.0789. The fraction of sp³-hybridized carbons (Fsp3) is 0.571. The second-order valence-electron chi connectivity index (χ2n) is 13.5. The van der Waals surface area contributed by atoms with E-state index in [-0.39, 0.29) is 51.0 Å². The van der Waals surface area contributed by atoms with E-state index in [0.29, 0.717) is 0 Å². The van der Waals surface area contributed by atoms with Crippen molar-refractivity contribution in [3.8, 4) is 45.8 Å². The Hall–Kier alpha value is -3.91. The van der Waals surface area contributed by atoms with Crippen molar-refractivity contribution in [3.63, 3.8) is 0 Å². The van der Waals surface area contributed by atoms with Crippen LogP contribution in [-0.4, -0.2) is 181 Å². The smallest absolute Gasteiger partial charge is 0.402 e. The SMILES string of the molecule is COc1cc(-c2[o+]c3cc(O)cc(O[C@@H]4O[C@H](CO)[C@@H](O)[C@H](O)[C@@H]4O)c3cc2O[C@@H]2O[C@H](CO[C@@H]3O[C@@H](C)[C@H](O)[C@H](O)[C@@H]3O)[C@@H](O)[C@H](O)[C@H]2O)cc(OC)c1O. The summed E-state index contributed by atoms with van der Waals surface area (Å²) in [5.41, 5.74) is 0.0228. The lowest BCUT2D eigenvalue weighted by molar-refractivity contribution is -0.318. The van der Waals surface area contributed by atoms with Gasteiger partial charge in [0.25, 0.3) is 0 Å². The first-order valence-corrected chi connectivity index (χ1v) is 17.3. The van der Waals surface area contributed by atoms with Crippen LogP contribution in [0.25, 0.3) is 22.3 Å². The van der Waals surface area contributed by atoms with Crippen LogP contribution in [0, 0.1) is 0 Å². The van der Waals surface area contributed by atoms with E-state index in [4.69, 9.17) is 42.3 Å². The highest BCUT2D eigenvalue weighted by molar-refractivity contribution is 5.89. The van der Waals surface area contributed by atoms with Crippen LogP contribution in [0.2, 0.25) is 0 Å². The summed E-state index contributed by atoms with van der Waals surface area (Å²) in [5, 5.41) is 125. The quantitative estimate of drug-likeness (QED) is 0.0861. The summed E-state index contributed by atoms with van der Waals surface area (Å²) in [5.74, 6) is -1.65. The molecule has 6 rings (SSSR count). The van der Waals surface area contributed by atoms with Crippen molar-refractivity contribution in [2.24, 2.45) is 0 Å². The summed E-state index contributed by atoms with van der Waals surface area (Å²) in [6.07, 6.45) is -24.5. The highest BCUT2D eigenvalue weighted by Gasteiger charge is 2.49. The number of phenols is 2. The number of rotatable bonds is 11. The lowest BCUT2D eigenvalue weighted by Gasteiger charge is -2.42. The molecule has 21 nitrogen and oxygen atoms in total. The van der Waals surface area contributed by atoms with E-state index in [2.05, 4.69) is 0 Å². The van der Waals surface area contributed by atoms with Gasteiger partial charge in [0.15, 0.2) is 17.8 Å². The Morgan fingerprint density at radius 1 is 0.589 bits per heavy atom. The number of benzene rings is 2. The van der Waals surface area contributed by atoms with Crippen LogP contribution in [0.4, 0.5) is 0 Å². The summed E-state index contributed by atoms with van der Waals surface area (Å²) in [6, 6.07) is 6.21. The number of phenolic OH excluding ortho intramolecular Hbond substituents is 2. The lowest BCUT2D eigenvalue weighted by Crippen LogP contribution is -2.61. The van der Waals surface area contributed by atoms with E-state index < -0.39 is 111 Å². The molecule has 3 fully saturated rings. The van der Waals surface area contributed by atoms with Gasteiger partial charge in [0.2, 0.25) is 24.1 Å². The fourth-order valence-electron chi connectivity index (χ4n) is 6.49. The van der Waals surface area contributed by atoms with Crippen molar-refractivity contribution in [2.75, 3.05) is 27.4 Å². The number of ether oxygens (including phenoxy) is 8. The summed E-state index contributed by atoms with van der Waals surface area (Å²) in [7, 11) is 2.55. The minimum atomic E-state index is -1.94. The molecule has 0 radical (unpaired) electrons. The van der Waals surface area contributed by atoms with Crippen molar-refractivity contribution < 1.29 is 104 Å². The number of hydrogen-bond acceptors (Lipinski definition) is 20. The van der Waals surface area contributed by atoms with Crippen LogP contribution in [0.5, 0.6) is 34.5 Å². The number of fused-ring (bicyclic) bond motifs is 1. The summed E-state index contributed by atoms with van der Waals surface area (Å²) >= 11 is 0. The van der Waals surface area contributed by atoms with Gasteiger partial charge in [-0.2, -0.15) is 0 Å². The average molecular weight is 802 g/mol. The molecule has 3 aromatic rings. The molecular formula is C35H45O21+. The molecule has 3 aliphatic heterocycles. The first-order chi connectivity index (χ1) is 26.6. The van der Waals surface area contributed by atoms with Gasteiger partial charge in [-0.25, -0.2) is 4.42 Å². The van der Waals surface area contributed by atoms with E-state index in [9.17, 15) is 61.3 Å². The third kappa shape index (κ3) is 7.97. The molecule has 3 saturated heterocycles. The van der Waals surface area contributed by atoms with E-state index in [1.165, 1.54) is 45.4 Å². The molecule has 0 unspecified atom stereocenters. The van der Waals surface area contributed by atoms with E-state index in [0.717, 1.165) is 6.07 Å². The van der Waals surface area contributed by atoms with Gasteiger partial charge in [-0.15, -0.1) is 0 Å². The number of hydrogen-bond donors (Lipinski definition) is 12. The topological polar surface area (TPSA) is 328 Å². The Bertz CT molecular complexity index is 1800. The fourth-order valence-corrected chi connectivity index (χ4v) is 6.49. The van der Waals surface area contributed by atoms with Gasteiger partial charge in [0.1, 0.15) is 84.0 Å². The predicted molar refractivity (Wildman–Crippen MR) is 183 cm³/mol. The second kappa shape index (κ2) is 16.9. The summed E-state index contributed by atoms with van der Waals surface area (Å²) in [4.78, 5) is 0. The highest BCUT2D eigenvalue weighted by Crippen LogP contribution is 2.46. The average Bonchev–Trinajstić information content (AvgIpc) is 3.18. The standard InChI is InChI=1S/C35H44O21/c1-11-22(38)26(42)29(45)33(51-11)50-10-21-25(41)28(44)31(47)35(56-21)54-19-8-14-15(52-32(19)12-4-17(48-2)23(39)18(5-12)49-3)6-13(37)7-16(14)53-34-30(46)27(43)24(40)20(9-36)55-34/h4-8,11,20-22,24-31,33-36,38,40-47H,9-10H2,1-3H3,(H-,37,39)/p+1/t11-,20+,21+,22-,24+,25+,26-,27-,28-,29-,30-,31+,33+,34+,35+/m0/s1. The van der Waals surface area contributed by atoms with Gasteiger partial charge < -0.3 is 99.2 Å². The number of aromatic hydroxyl groups is 2. The predicted octanol–water partition coefficient (Wildman–Crippen LogP) is -2.98. The molecule has 0 amide bonds. The molecule has 0 spiro atoms. The molecular weight excluding hydrogens is 756 g/mol. The Kier molecular flexibility index (Phi) is 12.6. The zero-order chi connectivity index (χ0) is 40.7. The van der Waals surface area contributed by atoms with E-state index in [1.54, 1.807) is 0 Å². The Labute approximate surface area is 317 Å². The zero-order valence-electron chi connectivity index (χ0n) is 30.0. The van der Waals surface area contributed by atoms with Crippen molar-refractivity contribution in [3.05, 3.63) is 30.3 Å². The van der Waals surface area contributed by atoms with Crippen LogP contribution in [0.15, 0.2) is 34.7 Å². The van der Waals surface area contributed by atoms with Crippen molar-refractivity contribution in [1.82, 2.24) is 0 Å². The van der Waals surface area contributed by atoms with Crippen LogP contribution < -0.4 is 18.9 Å². The van der Waals surface area contributed by atoms with Crippen LogP contribution in [0.1, 0.15) is 6.92 Å². The highest BCUT2D eigenvalue weighted by atomic mass is 16.7. The molecule has 2 aromatic carbocycles. The Morgan fingerprint density at radius 3 is 1.71 bits per heavy atom. The minimum absolute atomic E-state index is 0.000263. The Morgan fingerprint density at radius 2 is 1.12 bits per heavy atom. The molecule has 3 aliphatic rings. The van der Waals surface area contributed by atoms with Crippen LogP contribution >= 0.6 is 0 Å². The van der Waals surface area contributed by atoms with Gasteiger partial charge in [0, 0.05) is 24.3 Å². The maximum absolute atomic E-state index is 11.1. The first-order valence-electron chi connectivity index (χ1n) is 17.3. The second-order valence-corrected chi connectivity index (χ2v) is 13.5. The van der Waals surface area contributed by atoms with Gasteiger partial charge in [-0.05, 0) is 6.92 Å². The molecule has 21 heteroatoms. The van der Waals surface area contributed by atoms with Crippen molar-refractivity contribution in [1.29, 1.82) is 0 Å². The normalized spacial score (nSPS) is 36.3. The third-order valence-electron chi connectivity index (χ3n) is 9.78. The first kappa shape index (κ1) is 41.7. The van der Waals surface area contributed by atoms with Gasteiger partial charge in [0.05, 0.1) is 45.2 Å². The molecule has 15 atom stereocenters. The van der Waals surface area contributed by atoms with Crippen molar-refractivity contribution >= 4 is 11.0 Å². The molecule has 1 aromatic heterocycles. The number of aliphatic hydroxyl groups is 10. The molecule has 12 N–H and O–H groups in total. The number of methoxy groups -OCH3 is 2. The number of aliphatic hydroxyl groups excluding tert-OH is 10. The van der Waals surface area contributed by atoms with Crippen LogP contribution in [-0.2, 0) is 18.9 Å². The summed E-state index contributed by atoms with van der Waals surface area (Å²) < 4.78 is 51.0. The lowest BCUT2D eigenvalue weighted by atomic mass is 9.98. The third-order valence-corrected chi connectivity index (χ3v) is 9.78. The van der Waals surface area contributed by atoms with E-state index in [1.807, 2.05) is 0 Å². The Balaban J connectivity index is 1.39. The van der Waals surface area contributed by atoms with Gasteiger partial charge >= 0.3 is 11.3 Å².